The summed E-state index contributed by atoms with van der Waals surface area (Å²) in [6.07, 6.45) is 3.27. The first-order valence-electron chi connectivity index (χ1n) is 8.18. The fourth-order valence-electron chi connectivity index (χ4n) is 3.21. The summed E-state index contributed by atoms with van der Waals surface area (Å²) in [5.74, 6) is -0.980. The van der Waals surface area contributed by atoms with Gasteiger partial charge in [0.05, 0.1) is 24.7 Å². The van der Waals surface area contributed by atoms with Crippen LogP contribution < -0.4 is 5.32 Å². The molecule has 0 radical (unpaired) electrons. The molecule has 0 aromatic heterocycles. The number of aliphatic imine (C=N–C) groups is 1. The molecule has 1 aliphatic heterocycles. The number of aliphatic hydroxyl groups is 1. The van der Waals surface area contributed by atoms with Gasteiger partial charge in [0.2, 0.25) is 0 Å². The third kappa shape index (κ3) is 3.64. The second kappa shape index (κ2) is 7.66. The van der Waals surface area contributed by atoms with Gasteiger partial charge in [0.25, 0.3) is 0 Å². The minimum absolute atomic E-state index is 0.00150. The molecule has 3 unspecified atom stereocenters. The minimum atomic E-state index is -1.04. The largest absolute Gasteiger partial charge is 0.469 e. The minimum Gasteiger partial charge on any atom is -0.469 e. The van der Waals surface area contributed by atoms with Crippen molar-refractivity contribution in [2.75, 3.05) is 7.11 Å². The number of carbonyl (C=O) groups excluding carboxylic acids is 1. The van der Waals surface area contributed by atoms with Gasteiger partial charge >= 0.3 is 5.97 Å². The normalized spacial score (nSPS) is 32.9. The van der Waals surface area contributed by atoms with Crippen LogP contribution >= 0.6 is 11.6 Å². The standard InChI is InChI=1S/C17H24ClFN2O3/c1-4-10-7-8-11(19)15(21-14(10)18)20-12-6-5-9-17(2,13(12)22)16(23)24-3/h8,12-13,22H,4-7,9H2,1-3H3,(H,20,21). The Kier molecular flexibility index (Phi) is 6.04. The van der Waals surface area contributed by atoms with Crippen LogP contribution in [-0.4, -0.2) is 36.2 Å². The van der Waals surface area contributed by atoms with Gasteiger partial charge in [0.15, 0.2) is 11.7 Å². The molecule has 3 atom stereocenters. The summed E-state index contributed by atoms with van der Waals surface area (Å²) in [5, 5.41) is 13.8. The van der Waals surface area contributed by atoms with E-state index in [-0.39, 0.29) is 5.84 Å². The zero-order chi connectivity index (χ0) is 17.9. The second-order valence-corrected chi connectivity index (χ2v) is 6.82. The highest BCUT2D eigenvalue weighted by molar-refractivity contribution is 6.31. The topological polar surface area (TPSA) is 70.9 Å². The fraction of sp³-hybridized carbons (Fsp3) is 0.647. The van der Waals surface area contributed by atoms with Gasteiger partial charge in [-0.2, -0.15) is 0 Å². The van der Waals surface area contributed by atoms with E-state index in [0.29, 0.717) is 37.3 Å². The van der Waals surface area contributed by atoms with Crippen molar-refractivity contribution in [3.63, 3.8) is 0 Å². The average molecular weight is 359 g/mol. The quantitative estimate of drug-likeness (QED) is 0.600. The summed E-state index contributed by atoms with van der Waals surface area (Å²) in [7, 11) is 1.29. The van der Waals surface area contributed by atoms with Crippen molar-refractivity contribution in [2.45, 2.75) is 58.1 Å². The van der Waals surface area contributed by atoms with Crippen LogP contribution in [0.2, 0.25) is 0 Å². The van der Waals surface area contributed by atoms with E-state index in [4.69, 9.17) is 16.3 Å². The number of methoxy groups -OCH3 is 1. The maximum atomic E-state index is 14.3. The molecule has 0 aromatic carbocycles. The van der Waals surface area contributed by atoms with Gasteiger partial charge in [-0.15, -0.1) is 0 Å². The highest BCUT2D eigenvalue weighted by atomic mass is 35.5. The van der Waals surface area contributed by atoms with Crippen LogP contribution in [0.25, 0.3) is 0 Å². The van der Waals surface area contributed by atoms with Gasteiger partial charge in [0, 0.05) is 0 Å². The van der Waals surface area contributed by atoms with Crippen molar-refractivity contribution in [1.29, 1.82) is 0 Å². The predicted molar refractivity (Wildman–Crippen MR) is 91.3 cm³/mol. The maximum Gasteiger partial charge on any atom is 0.314 e. The lowest BCUT2D eigenvalue weighted by molar-refractivity contribution is -0.163. The van der Waals surface area contributed by atoms with Crippen molar-refractivity contribution in [1.82, 2.24) is 5.32 Å². The van der Waals surface area contributed by atoms with E-state index in [1.807, 2.05) is 6.92 Å². The number of amidine groups is 1. The van der Waals surface area contributed by atoms with E-state index in [0.717, 1.165) is 5.57 Å². The zero-order valence-electron chi connectivity index (χ0n) is 14.2. The third-order valence-electron chi connectivity index (χ3n) is 4.88. The number of rotatable bonds is 3. The number of hydrogen-bond donors (Lipinski definition) is 2. The summed E-state index contributed by atoms with van der Waals surface area (Å²) in [5.41, 5.74) is -0.151. The molecule has 0 spiro atoms. The van der Waals surface area contributed by atoms with E-state index >= 15 is 0 Å². The van der Waals surface area contributed by atoms with Gasteiger partial charge < -0.3 is 15.2 Å². The number of aliphatic hydroxyl groups excluding tert-OH is 1. The number of hydrogen-bond acceptors (Lipinski definition) is 4. The number of nitrogens with one attached hydrogen (secondary N) is 1. The Morgan fingerprint density at radius 1 is 1.62 bits per heavy atom. The van der Waals surface area contributed by atoms with Crippen LogP contribution in [0.15, 0.2) is 27.6 Å². The van der Waals surface area contributed by atoms with Gasteiger partial charge in [-0.25, -0.2) is 4.39 Å². The van der Waals surface area contributed by atoms with Crippen LogP contribution in [-0.2, 0) is 9.53 Å². The molecule has 1 heterocycles. The molecule has 1 saturated carbocycles. The first-order chi connectivity index (χ1) is 11.3. The van der Waals surface area contributed by atoms with Crippen molar-refractivity contribution in [2.24, 2.45) is 10.4 Å². The smallest absolute Gasteiger partial charge is 0.314 e. The van der Waals surface area contributed by atoms with Crippen molar-refractivity contribution in [3.8, 4) is 0 Å². The van der Waals surface area contributed by atoms with Gasteiger partial charge in [-0.05, 0) is 50.7 Å². The van der Waals surface area contributed by atoms with Crippen LogP contribution in [0.3, 0.4) is 0 Å². The Morgan fingerprint density at radius 2 is 2.33 bits per heavy atom. The number of carbonyl (C=O) groups is 1. The summed E-state index contributed by atoms with van der Waals surface area (Å²) < 4.78 is 19.1. The molecule has 2 rings (SSSR count). The van der Waals surface area contributed by atoms with Gasteiger partial charge in [0.1, 0.15) is 5.16 Å². The molecular weight excluding hydrogens is 335 g/mol. The van der Waals surface area contributed by atoms with Crippen molar-refractivity contribution >= 4 is 23.4 Å². The summed E-state index contributed by atoms with van der Waals surface area (Å²) in [4.78, 5) is 16.4. The molecule has 0 amide bonds. The monoisotopic (exact) mass is 358 g/mol. The number of nitrogens with zero attached hydrogens (tertiary/aromatic N) is 1. The number of ether oxygens (including phenoxy) is 1. The Morgan fingerprint density at radius 3 is 2.96 bits per heavy atom. The second-order valence-electron chi connectivity index (χ2n) is 6.44. The molecule has 2 N–H and O–H groups in total. The number of halogens is 2. The Hall–Kier alpha value is -1.40. The molecule has 134 valence electrons. The van der Waals surface area contributed by atoms with E-state index < -0.39 is 29.4 Å². The maximum absolute atomic E-state index is 14.3. The van der Waals surface area contributed by atoms with Crippen molar-refractivity contribution in [3.05, 3.63) is 22.6 Å². The first kappa shape index (κ1) is 18.9. The van der Waals surface area contributed by atoms with Crippen molar-refractivity contribution < 1.29 is 19.0 Å². The molecule has 1 fully saturated rings. The van der Waals surface area contributed by atoms with Gasteiger partial charge in [-0.3, -0.25) is 9.79 Å². The molecule has 7 heteroatoms. The SMILES string of the molecule is CCC1=C(Cl)NC(=NC2CCCC(C)(C(=O)OC)C2O)C(F)=CC1. The lowest BCUT2D eigenvalue weighted by Crippen LogP contribution is -2.50. The number of esters is 1. The summed E-state index contributed by atoms with van der Waals surface area (Å²) >= 11 is 6.18. The highest BCUT2D eigenvalue weighted by Crippen LogP contribution is 2.39. The molecule has 2 aliphatic rings. The lowest BCUT2D eigenvalue weighted by Gasteiger charge is -2.39. The highest BCUT2D eigenvalue weighted by Gasteiger charge is 2.48. The molecule has 0 saturated heterocycles. The Bertz CT molecular complexity index is 603. The molecule has 24 heavy (non-hydrogen) atoms. The van der Waals surface area contributed by atoms with Crippen LogP contribution in [0.1, 0.15) is 46.0 Å². The molecule has 1 aliphatic carbocycles. The lowest BCUT2D eigenvalue weighted by atomic mass is 9.71. The molecule has 0 bridgehead atoms. The fourth-order valence-corrected chi connectivity index (χ4v) is 3.51. The Balaban J connectivity index is 2.29. The van der Waals surface area contributed by atoms with Crippen LogP contribution in [0, 0.1) is 5.41 Å². The van der Waals surface area contributed by atoms with Crippen LogP contribution in [0.4, 0.5) is 4.39 Å². The predicted octanol–water partition coefficient (Wildman–Crippen LogP) is 3.18. The summed E-state index contributed by atoms with van der Waals surface area (Å²) in [6, 6.07) is -0.600. The van der Waals surface area contributed by atoms with E-state index in [1.54, 1.807) is 6.92 Å². The average Bonchev–Trinajstić information content (AvgIpc) is 2.70. The van der Waals surface area contributed by atoms with Gasteiger partial charge in [-0.1, -0.05) is 18.5 Å². The van der Waals surface area contributed by atoms with E-state index in [2.05, 4.69) is 10.3 Å². The molecule has 0 aromatic rings. The first-order valence-corrected chi connectivity index (χ1v) is 8.56. The van der Waals surface area contributed by atoms with Crippen LogP contribution in [0.5, 0.6) is 0 Å². The third-order valence-corrected chi connectivity index (χ3v) is 5.24. The molecular formula is C17H24ClFN2O3. The zero-order valence-corrected chi connectivity index (χ0v) is 15.0. The van der Waals surface area contributed by atoms with E-state index in [1.165, 1.54) is 13.2 Å². The number of allylic oxidation sites excluding steroid dienone is 2. The molecule has 5 nitrogen and oxygen atoms in total. The Labute approximate surface area is 146 Å². The summed E-state index contributed by atoms with van der Waals surface area (Å²) in [6.45, 7) is 3.60. The van der Waals surface area contributed by atoms with E-state index in [9.17, 15) is 14.3 Å².